The fourth-order valence-electron chi connectivity index (χ4n) is 2.52. The number of rotatable bonds is 5. The molecule has 1 aliphatic rings. The molecule has 124 valence electrons. The highest BCUT2D eigenvalue weighted by molar-refractivity contribution is 7.09. The Morgan fingerprint density at radius 3 is 3.04 bits per heavy atom. The van der Waals surface area contributed by atoms with Crippen LogP contribution in [0.15, 0.2) is 23.8 Å². The lowest BCUT2D eigenvalue weighted by Crippen LogP contribution is -2.18. The number of carbonyl (C=O) groups is 1. The molecule has 4 rings (SSSR count). The van der Waals surface area contributed by atoms with Crippen molar-refractivity contribution in [3.63, 3.8) is 0 Å². The second-order valence-corrected chi connectivity index (χ2v) is 7.20. The molecule has 0 radical (unpaired) electrons. The number of nitrogens with zero attached hydrogens (tertiary/aromatic N) is 4. The second kappa shape index (κ2) is 5.86. The molecule has 3 aromatic rings. The highest BCUT2D eigenvalue weighted by Crippen LogP contribution is 2.39. The third-order valence-corrected chi connectivity index (χ3v) is 4.95. The summed E-state index contributed by atoms with van der Waals surface area (Å²) in [4.78, 5) is 16.8. The first kappa shape index (κ1) is 15.1. The molecule has 0 unspecified atom stereocenters. The predicted molar refractivity (Wildman–Crippen MR) is 91.6 cm³/mol. The van der Waals surface area contributed by atoms with Crippen LogP contribution in [0, 0.1) is 6.92 Å². The predicted octanol–water partition coefficient (Wildman–Crippen LogP) is 2.98. The van der Waals surface area contributed by atoms with Gasteiger partial charge in [-0.2, -0.15) is 10.2 Å². The molecule has 1 fully saturated rings. The standard InChI is InChI=1S/C16H18N6OS/c1-9(12-6-17-22(7-12)15-8-24-10(2)18-15)16(23)19-14-5-13(20-21-14)11-3-4-11/h5-9,11H,3-4H2,1-2H3,(H2,19,20,21,23)/t9-/m1/s1. The van der Waals surface area contributed by atoms with Crippen LogP contribution in [0.5, 0.6) is 0 Å². The first-order valence-electron chi connectivity index (χ1n) is 7.93. The van der Waals surface area contributed by atoms with Gasteiger partial charge in [-0.1, -0.05) is 0 Å². The highest BCUT2D eigenvalue weighted by Gasteiger charge is 2.26. The Morgan fingerprint density at radius 2 is 2.33 bits per heavy atom. The third kappa shape index (κ3) is 2.96. The number of carbonyl (C=O) groups excluding carboxylic acids is 1. The highest BCUT2D eigenvalue weighted by atomic mass is 32.1. The summed E-state index contributed by atoms with van der Waals surface area (Å²) in [6.07, 6.45) is 5.93. The molecular formula is C16H18N6OS. The Balaban J connectivity index is 1.45. The molecule has 1 saturated carbocycles. The topological polar surface area (TPSA) is 88.5 Å². The molecule has 0 spiro atoms. The van der Waals surface area contributed by atoms with E-state index >= 15 is 0 Å². The van der Waals surface area contributed by atoms with E-state index in [9.17, 15) is 4.79 Å². The number of H-pyrrole nitrogens is 1. The van der Waals surface area contributed by atoms with Gasteiger partial charge in [0.2, 0.25) is 5.91 Å². The molecule has 2 N–H and O–H groups in total. The fraction of sp³-hybridized carbons (Fsp3) is 0.375. The van der Waals surface area contributed by atoms with Crippen molar-refractivity contribution in [2.45, 2.75) is 38.5 Å². The Kier molecular flexibility index (Phi) is 3.68. The number of anilines is 1. The van der Waals surface area contributed by atoms with Crippen LogP contribution in [0.1, 0.15) is 47.9 Å². The number of hydrogen-bond donors (Lipinski definition) is 2. The van der Waals surface area contributed by atoms with E-state index < -0.39 is 0 Å². The molecule has 1 atom stereocenters. The molecule has 3 heterocycles. The van der Waals surface area contributed by atoms with Gasteiger partial charge in [-0.05, 0) is 26.7 Å². The molecule has 8 heteroatoms. The van der Waals surface area contributed by atoms with Gasteiger partial charge in [0.15, 0.2) is 5.82 Å². The van der Waals surface area contributed by atoms with Gasteiger partial charge < -0.3 is 5.32 Å². The molecule has 24 heavy (non-hydrogen) atoms. The summed E-state index contributed by atoms with van der Waals surface area (Å²) in [5.41, 5.74) is 1.88. The number of hydrogen-bond acceptors (Lipinski definition) is 5. The molecular weight excluding hydrogens is 324 g/mol. The van der Waals surface area contributed by atoms with E-state index in [2.05, 4.69) is 25.6 Å². The summed E-state index contributed by atoms with van der Waals surface area (Å²) in [6, 6.07) is 1.92. The summed E-state index contributed by atoms with van der Waals surface area (Å²) in [6.45, 7) is 3.82. The lowest BCUT2D eigenvalue weighted by Gasteiger charge is -2.08. The zero-order valence-electron chi connectivity index (χ0n) is 13.5. The Bertz CT molecular complexity index is 875. The number of aryl methyl sites for hydroxylation is 1. The minimum Gasteiger partial charge on any atom is -0.311 e. The van der Waals surface area contributed by atoms with E-state index in [0.29, 0.717) is 11.7 Å². The molecule has 7 nitrogen and oxygen atoms in total. The van der Waals surface area contributed by atoms with Gasteiger partial charge in [-0.25, -0.2) is 9.67 Å². The number of aromatic amines is 1. The number of aromatic nitrogens is 5. The van der Waals surface area contributed by atoms with Crippen molar-refractivity contribution in [3.05, 3.63) is 40.1 Å². The average Bonchev–Trinajstić information content (AvgIpc) is 2.98. The van der Waals surface area contributed by atoms with Gasteiger partial charge in [0.05, 0.1) is 22.8 Å². The molecule has 1 amide bonds. The van der Waals surface area contributed by atoms with Crippen molar-refractivity contribution >= 4 is 23.1 Å². The van der Waals surface area contributed by atoms with E-state index in [1.165, 1.54) is 12.8 Å². The number of nitrogens with one attached hydrogen (secondary N) is 2. The van der Waals surface area contributed by atoms with Crippen LogP contribution in [-0.2, 0) is 4.79 Å². The molecule has 0 saturated heterocycles. The minimum atomic E-state index is -0.314. The van der Waals surface area contributed by atoms with Crippen molar-refractivity contribution < 1.29 is 4.79 Å². The maximum absolute atomic E-state index is 12.4. The molecule has 0 aliphatic heterocycles. The lowest BCUT2D eigenvalue weighted by molar-refractivity contribution is -0.117. The van der Waals surface area contributed by atoms with Gasteiger partial charge in [0, 0.05) is 29.1 Å². The maximum Gasteiger partial charge on any atom is 0.232 e. The van der Waals surface area contributed by atoms with E-state index in [-0.39, 0.29) is 11.8 Å². The Morgan fingerprint density at radius 1 is 1.50 bits per heavy atom. The Labute approximate surface area is 143 Å². The van der Waals surface area contributed by atoms with E-state index in [4.69, 9.17) is 0 Å². The van der Waals surface area contributed by atoms with Crippen LogP contribution < -0.4 is 5.32 Å². The molecule has 3 aromatic heterocycles. The van der Waals surface area contributed by atoms with E-state index in [0.717, 1.165) is 22.1 Å². The van der Waals surface area contributed by atoms with Crippen LogP contribution >= 0.6 is 11.3 Å². The molecule has 0 aromatic carbocycles. The number of amides is 1. The van der Waals surface area contributed by atoms with Gasteiger partial charge in [0.25, 0.3) is 0 Å². The zero-order valence-corrected chi connectivity index (χ0v) is 14.3. The first-order chi connectivity index (χ1) is 11.6. The van der Waals surface area contributed by atoms with Gasteiger partial charge in [-0.3, -0.25) is 9.89 Å². The van der Waals surface area contributed by atoms with E-state index in [1.54, 1.807) is 22.2 Å². The van der Waals surface area contributed by atoms with Crippen LogP contribution in [0.2, 0.25) is 0 Å². The van der Waals surface area contributed by atoms with Gasteiger partial charge >= 0.3 is 0 Å². The van der Waals surface area contributed by atoms with Crippen molar-refractivity contribution in [3.8, 4) is 5.82 Å². The minimum absolute atomic E-state index is 0.0880. The van der Waals surface area contributed by atoms with Crippen molar-refractivity contribution in [2.24, 2.45) is 0 Å². The van der Waals surface area contributed by atoms with Crippen molar-refractivity contribution in [2.75, 3.05) is 5.32 Å². The molecule has 0 bridgehead atoms. The van der Waals surface area contributed by atoms with Crippen molar-refractivity contribution in [1.29, 1.82) is 0 Å². The summed E-state index contributed by atoms with van der Waals surface area (Å²) in [5, 5.41) is 17.3. The zero-order chi connectivity index (χ0) is 16.7. The average molecular weight is 342 g/mol. The van der Waals surface area contributed by atoms with E-state index in [1.807, 2.05) is 31.5 Å². The van der Waals surface area contributed by atoms with Gasteiger partial charge in [0.1, 0.15) is 5.82 Å². The maximum atomic E-state index is 12.4. The second-order valence-electron chi connectivity index (χ2n) is 6.13. The monoisotopic (exact) mass is 342 g/mol. The SMILES string of the molecule is Cc1nc(-n2cc([C@@H](C)C(=O)Nc3cc(C4CC4)n[nH]3)cn2)cs1. The first-order valence-corrected chi connectivity index (χ1v) is 8.81. The van der Waals surface area contributed by atoms with Crippen LogP contribution in [-0.4, -0.2) is 30.9 Å². The summed E-state index contributed by atoms with van der Waals surface area (Å²) in [5.74, 6) is 1.58. The normalized spacial score (nSPS) is 15.4. The van der Waals surface area contributed by atoms with Gasteiger partial charge in [-0.15, -0.1) is 11.3 Å². The lowest BCUT2D eigenvalue weighted by atomic mass is 10.0. The number of thiazole rings is 1. The molecule has 1 aliphatic carbocycles. The Hall–Kier alpha value is -2.48. The fourth-order valence-corrected chi connectivity index (χ4v) is 3.11. The van der Waals surface area contributed by atoms with Crippen LogP contribution in [0.4, 0.5) is 5.82 Å². The smallest absolute Gasteiger partial charge is 0.232 e. The van der Waals surface area contributed by atoms with Crippen molar-refractivity contribution in [1.82, 2.24) is 25.0 Å². The summed E-state index contributed by atoms with van der Waals surface area (Å²) in [7, 11) is 0. The third-order valence-electron chi connectivity index (χ3n) is 4.19. The van der Waals surface area contributed by atoms with Crippen LogP contribution in [0.25, 0.3) is 5.82 Å². The summed E-state index contributed by atoms with van der Waals surface area (Å²) < 4.78 is 1.70. The largest absolute Gasteiger partial charge is 0.311 e. The summed E-state index contributed by atoms with van der Waals surface area (Å²) >= 11 is 1.57. The van der Waals surface area contributed by atoms with Crippen LogP contribution in [0.3, 0.4) is 0 Å². The quantitative estimate of drug-likeness (QED) is 0.746.